The van der Waals surface area contributed by atoms with Gasteiger partial charge in [-0.25, -0.2) is 8.42 Å². The molecule has 6 nitrogen and oxygen atoms in total. The summed E-state index contributed by atoms with van der Waals surface area (Å²) in [4.78, 5) is 13.9. The molecule has 2 rings (SSSR count). The zero-order chi connectivity index (χ0) is 15.6. The molecule has 0 aromatic carbocycles. The van der Waals surface area contributed by atoms with Gasteiger partial charge in [0.1, 0.15) is 0 Å². The lowest BCUT2D eigenvalue weighted by Crippen LogP contribution is -2.47. The Kier molecular flexibility index (Phi) is 5.27. The van der Waals surface area contributed by atoms with Gasteiger partial charge in [-0.3, -0.25) is 4.79 Å². The number of carbonyl (C=O) groups is 1. The lowest BCUT2D eigenvalue weighted by Gasteiger charge is -2.30. The summed E-state index contributed by atoms with van der Waals surface area (Å²) in [5, 5.41) is -0.604. The molecule has 122 valence electrons. The zero-order valence-corrected chi connectivity index (χ0v) is 13.9. The van der Waals surface area contributed by atoms with Crippen molar-refractivity contribution in [2.24, 2.45) is 5.92 Å². The smallest absolute Gasteiger partial charge is 0.310 e. The molecule has 0 radical (unpaired) electrons. The second kappa shape index (κ2) is 6.62. The van der Waals surface area contributed by atoms with E-state index in [9.17, 15) is 13.2 Å². The first kappa shape index (κ1) is 16.7. The Bertz CT molecular complexity index is 477. The number of sulfonamides is 1. The molecule has 0 bridgehead atoms. The van der Waals surface area contributed by atoms with E-state index in [4.69, 9.17) is 4.74 Å². The third-order valence-electron chi connectivity index (χ3n) is 4.56. The number of nitrogens with zero attached hydrogens (tertiary/aromatic N) is 2. The molecule has 0 amide bonds. The third kappa shape index (κ3) is 3.40. The van der Waals surface area contributed by atoms with Gasteiger partial charge in [0.15, 0.2) is 0 Å². The van der Waals surface area contributed by atoms with E-state index in [0.29, 0.717) is 19.4 Å². The largest absolute Gasteiger partial charge is 0.469 e. The fraction of sp³-hybridized carbons (Fsp3) is 0.929. The molecule has 1 heterocycles. The van der Waals surface area contributed by atoms with E-state index < -0.39 is 21.2 Å². The highest BCUT2D eigenvalue weighted by molar-refractivity contribution is 7.89. The summed E-state index contributed by atoms with van der Waals surface area (Å²) < 4.78 is 32.3. The number of hydrogen-bond donors (Lipinski definition) is 0. The van der Waals surface area contributed by atoms with Crippen LogP contribution in [0.5, 0.6) is 0 Å². The highest BCUT2D eigenvalue weighted by Crippen LogP contribution is 2.36. The fourth-order valence-electron chi connectivity index (χ4n) is 3.63. The summed E-state index contributed by atoms with van der Waals surface area (Å²) in [6, 6.07) is 0.0314. The maximum absolute atomic E-state index is 13.0. The van der Waals surface area contributed by atoms with Crippen LogP contribution in [0, 0.1) is 5.92 Å². The Morgan fingerprint density at radius 3 is 2.57 bits per heavy atom. The van der Waals surface area contributed by atoms with E-state index in [1.165, 1.54) is 7.11 Å². The van der Waals surface area contributed by atoms with Gasteiger partial charge in [-0.2, -0.15) is 4.31 Å². The van der Waals surface area contributed by atoms with Crippen molar-refractivity contribution < 1.29 is 17.9 Å². The Morgan fingerprint density at radius 2 is 1.95 bits per heavy atom. The molecule has 0 aromatic heterocycles. The van der Waals surface area contributed by atoms with Crippen LogP contribution in [0.3, 0.4) is 0 Å². The number of rotatable bonds is 5. The van der Waals surface area contributed by atoms with Crippen molar-refractivity contribution in [3.8, 4) is 0 Å². The minimum absolute atomic E-state index is 0.0314. The standard InChI is InChI=1S/C14H26N2O4S/c1-15(2)10-11-6-5-9-16(11)21(18,19)13-8-4-7-12(13)14(17)20-3/h11-13H,4-10H2,1-3H3. The van der Waals surface area contributed by atoms with Crippen LogP contribution in [0.2, 0.25) is 0 Å². The van der Waals surface area contributed by atoms with Gasteiger partial charge >= 0.3 is 5.97 Å². The third-order valence-corrected chi connectivity index (χ3v) is 7.03. The summed E-state index contributed by atoms with van der Waals surface area (Å²) >= 11 is 0. The molecular formula is C14H26N2O4S. The van der Waals surface area contributed by atoms with Gasteiger partial charge in [0.2, 0.25) is 10.0 Å². The minimum Gasteiger partial charge on any atom is -0.469 e. The molecule has 2 aliphatic rings. The molecule has 21 heavy (non-hydrogen) atoms. The van der Waals surface area contributed by atoms with Crippen LogP contribution in [-0.2, 0) is 19.6 Å². The average Bonchev–Trinajstić information content (AvgIpc) is 3.05. The second-order valence-electron chi connectivity index (χ2n) is 6.31. The molecule has 0 spiro atoms. The van der Waals surface area contributed by atoms with E-state index in [-0.39, 0.29) is 12.0 Å². The zero-order valence-electron chi connectivity index (χ0n) is 13.1. The van der Waals surface area contributed by atoms with Crippen molar-refractivity contribution in [3.63, 3.8) is 0 Å². The van der Waals surface area contributed by atoms with Gasteiger partial charge in [-0.1, -0.05) is 6.42 Å². The Hall–Kier alpha value is -0.660. The van der Waals surface area contributed by atoms with Crippen LogP contribution < -0.4 is 0 Å². The summed E-state index contributed by atoms with van der Waals surface area (Å²) in [5.41, 5.74) is 0. The molecule has 2 fully saturated rings. The maximum atomic E-state index is 13.0. The summed E-state index contributed by atoms with van der Waals surface area (Å²) in [7, 11) is 1.81. The van der Waals surface area contributed by atoms with E-state index in [1.807, 2.05) is 19.0 Å². The molecular weight excluding hydrogens is 292 g/mol. The van der Waals surface area contributed by atoms with Gasteiger partial charge < -0.3 is 9.64 Å². The predicted octanol–water partition coefficient (Wildman–Crippen LogP) is 0.684. The van der Waals surface area contributed by atoms with Gasteiger partial charge in [0.25, 0.3) is 0 Å². The van der Waals surface area contributed by atoms with Gasteiger partial charge in [-0.05, 0) is 39.8 Å². The number of ether oxygens (including phenoxy) is 1. The molecule has 0 N–H and O–H groups in total. The van der Waals surface area contributed by atoms with Crippen molar-refractivity contribution in [3.05, 3.63) is 0 Å². The first-order valence-electron chi connectivity index (χ1n) is 7.61. The van der Waals surface area contributed by atoms with Gasteiger partial charge in [0, 0.05) is 19.1 Å². The molecule has 1 aliphatic heterocycles. The van der Waals surface area contributed by atoms with Crippen LogP contribution in [0.1, 0.15) is 32.1 Å². The van der Waals surface area contributed by atoms with Gasteiger partial charge in [-0.15, -0.1) is 0 Å². The van der Waals surface area contributed by atoms with E-state index in [0.717, 1.165) is 25.8 Å². The Labute approximate surface area is 127 Å². The van der Waals surface area contributed by atoms with E-state index >= 15 is 0 Å². The van der Waals surface area contributed by atoms with Crippen molar-refractivity contribution in [1.29, 1.82) is 0 Å². The SMILES string of the molecule is COC(=O)C1CCCC1S(=O)(=O)N1CCCC1CN(C)C. The second-order valence-corrected chi connectivity index (χ2v) is 8.42. The quantitative estimate of drug-likeness (QED) is 0.698. The lowest BCUT2D eigenvalue weighted by molar-refractivity contribution is -0.145. The predicted molar refractivity (Wildman–Crippen MR) is 80.3 cm³/mol. The first-order valence-corrected chi connectivity index (χ1v) is 9.11. The normalized spacial score (nSPS) is 31.0. The minimum atomic E-state index is -3.43. The molecule has 1 aliphatic carbocycles. The highest BCUT2D eigenvalue weighted by atomic mass is 32.2. The van der Waals surface area contributed by atoms with Crippen LogP contribution in [0.4, 0.5) is 0 Å². The van der Waals surface area contributed by atoms with Crippen molar-refractivity contribution in [1.82, 2.24) is 9.21 Å². The lowest BCUT2D eigenvalue weighted by atomic mass is 10.1. The Balaban J connectivity index is 2.18. The molecule has 3 atom stereocenters. The summed E-state index contributed by atoms with van der Waals surface area (Å²) in [6.45, 7) is 1.31. The fourth-order valence-corrected chi connectivity index (χ4v) is 6.07. The number of carbonyl (C=O) groups excluding carboxylic acids is 1. The van der Waals surface area contributed by atoms with Crippen LogP contribution >= 0.6 is 0 Å². The van der Waals surface area contributed by atoms with Crippen LogP contribution in [0.15, 0.2) is 0 Å². The van der Waals surface area contributed by atoms with Crippen molar-refractivity contribution >= 4 is 16.0 Å². The van der Waals surface area contributed by atoms with Gasteiger partial charge in [0.05, 0.1) is 18.3 Å². The monoisotopic (exact) mass is 318 g/mol. The topological polar surface area (TPSA) is 66.9 Å². The highest BCUT2D eigenvalue weighted by Gasteiger charge is 2.47. The van der Waals surface area contributed by atoms with E-state index in [1.54, 1.807) is 4.31 Å². The maximum Gasteiger partial charge on any atom is 0.310 e. The molecule has 1 saturated carbocycles. The van der Waals surface area contributed by atoms with E-state index in [2.05, 4.69) is 0 Å². The van der Waals surface area contributed by atoms with Crippen molar-refractivity contribution in [2.75, 3.05) is 34.3 Å². The number of methoxy groups -OCH3 is 1. The van der Waals surface area contributed by atoms with Crippen LogP contribution in [-0.4, -0.2) is 69.2 Å². The Morgan fingerprint density at radius 1 is 1.24 bits per heavy atom. The first-order chi connectivity index (χ1) is 9.87. The van der Waals surface area contributed by atoms with Crippen LogP contribution in [0.25, 0.3) is 0 Å². The molecule has 3 unspecified atom stereocenters. The summed E-state index contributed by atoms with van der Waals surface area (Å²) in [6.07, 6.45) is 3.74. The molecule has 7 heteroatoms. The molecule has 0 aromatic rings. The average molecular weight is 318 g/mol. The summed E-state index contributed by atoms with van der Waals surface area (Å²) in [5.74, 6) is -0.884. The molecule has 1 saturated heterocycles. The number of likely N-dealkylation sites (N-methyl/N-ethyl adjacent to an activating group) is 1. The number of hydrogen-bond acceptors (Lipinski definition) is 5. The van der Waals surface area contributed by atoms with Crippen molar-refractivity contribution in [2.45, 2.75) is 43.4 Å². The number of esters is 1.